The SMILES string of the molecule is CC1(C)N=C(c2ccccc2)C(c2ccc[nH]2)=N1. The Morgan fingerprint density at radius 1 is 0.889 bits per heavy atom. The third kappa shape index (κ3) is 1.88. The van der Waals surface area contributed by atoms with Crippen molar-refractivity contribution in [1.29, 1.82) is 0 Å². The van der Waals surface area contributed by atoms with Gasteiger partial charge in [0.2, 0.25) is 0 Å². The molecule has 0 bridgehead atoms. The van der Waals surface area contributed by atoms with Gasteiger partial charge in [-0.15, -0.1) is 0 Å². The molecule has 0 radical (unpaired) electrons. The van der Waals surface area contributed by atoms with E-state index in [-0.39, 0.29) is 5.66 Å². The van der Waals surface area contributed by atoms with Gasteiger partial charge < -0.3 is 4.98 Å². The van der Waals surface area contributed by atoms with Gasteiger partial charge in [-0.3, -0.25) is 9.98 Å². The van der Waals surface area contributed by atoms with Gasteiger partial charge in [-0.1, -0.05) is 30.3 Å². The fourth-order valence-corrected chi connectivity index (χ4v) is 2.14. The molecule has 0 unspecified atom stereocenters. The first-order valence-electron chi connectivity index (χ1n) is 6.05. The minimum Gasteiger partial charge on any atom is -0.360 e. The molecule has 90 valence electrons. The molecule has 2 heterocycles. The first kappa shape index (κ1) is 11.0. The van der Waals surface area contributed by atoms with Crippen LogP contribution in [0.25, 0.3) is 0 Å². The monoisotopic (exact) mass is 237 g/mol. The Hall–Kier alpha value is -2.16. The van der Waals surface area contributed by atoms with Crippen molar-refractivity contribution < 1.29 is 0 Å². The normalized spacial score (nSPS) is 17.4. The van der Waals surface area contributed by atoms with Gasteiger partial charge in [-0.2, -0.15) is 0 Å². The Bertz CT molecular complexity index is 604. The summed E-state index contributed by atoms with van der Waals surface area (Å²) >= 11 is 0. The standard InChI is InChI=1S/C15H15N3/c1-15(2)17-13(11-7-4-3-5-8-11)14(18-15)12-9-6-10-16-12/h3-10,16H,1-2H3. The van der Waals surface area contributed by atoms with Gasteiger partial charge in [-0.25, -0.2) is 0 Å². The molecule has 0 atom stereocenters. The Morgan fingerprint density at radius 3 is 2.28 bits per heavy atom. The molecule has 3 rings (SSSR count). The minimum absolute atomic E-state index is 0.383. The van der Waals surface area contributed by atoms with Crippen LogP contribution in [0.2, 0.25) is 0 Å². The lowest BCUT2D eigenvalue weighted by Gasteiger charge is -2.07. The summed E-state index contributed by atoms with van der Waals surface area (Å²) in [5.41, 5.74) is 3.64. The molecule has 0 saturated heterocycles. The number of rotatable bonds is 2. The number of H-pyrrole nitrogens is 1. The Morgan fingerprint density at radius 2 is 1.61 bits per heavy atom. The van der Waals surface area contributed by atoms with Crippen molar-refractivity contribution in [2.45, 2.75) is 19.5 Å². The fourth-order valence-electron chi connectivity index (χ4n) is 2.14. The lowest BCUT2D eigenvalue weighted by atomic mass is 10.0. The lowest BCUT2D eigenvalue weighted by molar-refractivity contribution is 0.566. The number of aromatic nitrogens is 1. The highest BCUT2D eigenvalue weighted by molar-refractivity contribution is 6.54. The number of aromatic amines is 1. The van der Waals surface area contributed by atoms with E-state index in [0.29, 0.717) is 0 Å². The molecule has 1 aromatic carbocycles. The first-order chi connectivity index (χ1) is 8.66. The van der Waals surface area contributed by atoms with Gasteiger partial charge in [-0.05, 0) is 26.0 Å². The summed E-state index contributed by atoms with van der Waals surface area (Å²) in [6.07, 6.45) is 1.91. The summed E-state index contributed by atoms with van der Waals surface area (Å²) in [6, 6.07) is 14.2. The Labute approximate surface area is 106 Å². The second-order valence-corrected chi connectivity index (χ2v) is 4.87. The molecular weight excluding hydrogens is 222 g/mol. The molecule has 0 saturated carbocycles. The maximum absolute atomic E-state index is 4.72. The van der Waals surface area contributed by atoms with Gasteiger partial charge in [0, 0.05) is 11.8 Å². The predicted octanol–water partition coefficient (Wildman–Crippen LogP) is 3.04. The van der Waals surface area contributed by atoms with Crippen LogP contribution in [0.1, 0.15) is 25.1 Å². The molecule has 0 amide bonds. The highest BCUT2D eigenvalue weighted by Gasteiger charge is 2.28. The van der Waals surface area contributed by atoms with Crippen LogP contribution in [-0.2, 0) is 0 Å². The highest BCUT2D eigenvalue weighted by atomic mass is 15.1. The lowest BCUT2D eigenvalue weighted by Crippen LogP contribution is -2.14. The zero-order chi connectivity index (χ0) is 12.6. The molecule has 3 heteroatoms. The zero-order valence-electron chi connectivity index (χ0n) is 10.5. The maximum Gasteiger partial charge on any atom is 0.146 e. The molecule has 0 fully saturated rings. The second-order valence-electron chi connectivity index (χ2n) is 4.87. The third-order valence-electron chi connectivity index (χ3n) is 2.90. The molecule has 1 aliphatic rings. The van der Waals surface area contributed by atoms with Crippen molar-refractivity contribution >= 4 is 11.4 Å². The van der Waals surface area contributed by atoms with E-state index in [1.54, 1.807) is 0 Å². The van der Waals surface area contributed by atoms with Crippen LogP contribution in [0.4, 0.5) is 0 Å². The van der Waals surface area contributed by atoms with Gasteiger partial charge in [0.05, 0.1) is 11.4 Å². The minimum atomic E-state index is -0.383. The van der Waals surface area contributed by atoms with Crippen LogP contribution in [0, 0.1) is 0 Å². The summed E-state index contributed by atoms with van der Waals surface area (Å²) in [5, 5.41) is 0. The molecule has 1 aliphatic heterocycles. The van der Waals surface area contributed by atoms with Gasteiger partial charge in [0.15, 0.2) is 0 Å². The first-order valence-corrected chi connectivity index (χ1v) is 6.05. The van der Waals surface area contributed by atoms with Crippen molar-refractivity contribution in [3.8, 4) is 0 Å². The Balaban J connectivity index is 2.11. The molecule has 0 aliphatic carbocycles. The molecule has 1 aromatic heterocycles. The van der Waals surface area contributed by atoms with Crippen LogP contribution in [0.15, 0.2) is 58.6 Å². The van der Waals surface area contributed by atoms with Crippen LogP contribution >= 0.6 is 0 Å². The number of benzene rings is 1. The molecule has 18 heavy (non-hydrogen) atoms. The topological polar surface area (TPSA) is 40.5 Å². The summed E-state index contributed by atoms with van der Waals surface area (Å²) in [6.45, 7) is 4.04. The fraction of sp³-hybridized carbons (Fsp3) is 0.200. The van der Waals surface area contributed by atoms with E-state index in [0.717, 1.165) is 22.7 Å². The molecule has 1 N–H and O–H groups in total. The maximum atomic E-state index is 4.72. The quantitative estimate of drug-likeness (QED) is 0.834. The van der Waals surface area contributed by atoms with E-state index in [1.807, 2.05) is 50.4 Å². The van der Waals surface area contributed by atoms with E-state index >= 15 is 0 Å². The number of nitrogens with zero attached hydrogens (tertiary/aromatic N) is 2. The van der Waals surface area contributed by atoms with E-state index in [1.165, 1.54) is 0 Å². The zero-order valence-corrected chi connectivity index (χ0v) is 10.5. The average molecular weight is 237 g/mol. The molecule has 3 nitrogen and oxygen atoms in total. The summed E-state index contributed by atoms with van der Waals surface area (Å²) in [5.74, 6) is 0. The van der Waals surface area contributed by atoms with Gasteiger partial charge in [0.1, 0.15) is 11.4 Å². The van der Waals surface area contributed by atoms with E-state index in [2.05, 4.69) is 17.1 Å². The largest absolute Gasteiger partial charge is 0.360 e. The van der Waals surface area contributed by atoms with Crippen LogP contribution < -0.4 is 0 Å². The number of nitrogens with one attached hydrogen (secondary N) is 1. The summed E-state index contributed by atoms with van der Waals surface area (Å²) in [4.78, 5) is 12.6. The van der Waals surface area contributed by atoms with Crippen LogP contribution in [0.5, 0.6) is 0 Å². The molecular formula is C15H15N3. The second kappa shape index (κ2) is 3.95. The Kier molecular flexibility index (Phi) is 2.40. The summed E-state index contributed by atoms with van der Waals surface area (Å²) < 4.78 is 0. The van der Waals surface area contributed by atoms with Crippen LogP contribution in [0.3, 0.4) is 0 Å². The van der Waals surface area contributed by atoms with Crippen molar-refractivity contribution in [2.75, 3.05) is 0 Å². The number of hydrogen-bond donors (Lipinski definition) is 1. The summed E-state index contributed by atoms with van der Waals surface area (Å²) in [7, 11) is 0. The van der Waals surface area contributed by atoms with E-state index < -0.39 is 0 Å². The molecule has 0 spiro atoms. The van der Waals surface area contributed by atoms with Crippen molar-refractivity contribution in [3.05, 3.63) is 59.9 Å². The van der Waals surface area contributed by atoms with Crippen molar-refractivity contribution in [2.24, 2.45) is 9.98 Å². The highest BCUT2D eigenvalue weighted by Crippen LogP contribution is 2.24. The van der Waals surface area contributed by atoms with Crippen LogP contribution in [-0.4, -0.2) is 22.1 Å². The number of hydrogen-bond acceptors (Lipinski definition) is 2. The smallest absolute Gasteiger partial charge is 0.146 e. The van der Waals surface area contributed by atoms with Crippen molar-refractivity contribution in [1.82, 2.24) is 4.98 Å². The van der Waals surface area contributed by atoms with E-state index in [9.17, 15) is 0 Å². The molecule has 2 aromatic rings. The number of aliphatic imine (C=N–C) groups is 2. The predicted molar refractivity (Wildman–Crippen MR) is 74.4 cm³/mol. The van der Waals surface area contributed by atoms with Crippen molar-refractivity contribution in [3.63, 3.8) is 0 Å². The third-order valence-corrected chi connectivity index (χ3v) is 2.90. The average Bonchev–Trinajstić information content (AvgIpc) is 2.97. The van der Waals surface area contributed by atoms with Gasteiger partial charge >= 0.3 is 0 Å². The van der Waals surface area contributed by atoms with Gasteiger partial charge in [0.25, 0.3) is 0 Å². The van der Waals surface area contributed by atoms with E-state index in [4.69, 9.17) is 9.98 Å².